The van der Waals surface area contributed by atoms with Crippen molar-refractivity contribution < 1.29 is 14.3 Å². The molecule has 0 aliphatic heterocycles. The van der Waals surface area contributed by atoms with E-state index in [0.717, 1.165) is 0 Å². The molecular weight excluding hydrogens is 204 g/mol. The van der Waals surface area contributed by atoms with Gasteiger partial charge in [0.05, 0.1) is 6.61 Å². The van der Waals surface area contributed by atoms with Crippen LogP contribution in [0.5, 0.6) is 0 Å². The van der Waals surface area contributed by atoms with Gasteiger partial charge in [0, 0.05) is 5.54 Å². The molecule has 0 radical (unpaired) electrons. The Morgan fingerprint density at radius 1 is 1.43 bits per heavy atom. The summed E-state index contributed by atoms with van der Waals surface area (Å²) < 4.78 is 4.84. The normalized spacial score (nSPS) is 15.1. The number of ether oxygens (including phenoxy) is 1. The van der Waals surface area contributed by atoms with E-state index >= 15 is 0 Å². The summed E-state index contributed by atoms with van der Waals surface area (Å²) in [4.78, 5) is 23.0. The quantitative estimate of drug-likeness (QED) is 0.525. The molecule has 0 aromatic rings. The molecule has 80 valence electrons. The maximum absolute atomic E-state index is 11.6. The van der Waals surface area contributed by atoms with Crippen molar-refractivity contribution in [1.82, 2.24) is 0 Å². The standard InChI is InChI=1S/C10H15ClO3/c1-4-10(6-7-11,8(3)12)9(13)14-5-2/h6-7H,4-5H2,1-3H3. The second kappa shape index (κ2) is 5.81. The zero-order valence-corrected chi connectivity index (χ0v) is 9.43. The minimum atomic E-state index is -1.21. The van der Waals surface area contributed by atoms with Crippen molar-refractivity contribution >= 4 is 23.4 Å². The van der Waals surface area contributed by atoms with E-state index in [4.69, 9.17) is 16.3 Å². The van der Waals surface area contributed by atoms with E-state index < -0.39 is 11.4 Å². The highest BCUT2D eigenvalue weighted by atomic mass is 35.5. The lowest BCUT2D eigenvalue weighted by molar-refractivity contribution is -0.156. The highest BCUT2D eigenvalue weighted by Crippen LogP contribution is 2.27. The Kier molecular flexibility index (Phi) is 5.46. The van der Waals surface area contributed by atoms with Gasteiger partial charge < -0.3 is 4.74 Å². The molecule has 0 aliphatic carbocycles. The number of Topliss-reactive ketones (excluding diaryl/α,β-unsaturated/α-hetero) is 1. The van der Waals surface area contributed by atoms with Crippen molar-refractivity contribution in [3.8, 4) is 0 Å². The van der Waals surface area contributed by atoms with Gasteiger partial charge in [0.25, 0.3) is 0 Å². The van der Waals surface area contributed by atoms with Crippen LogP contribution < -0.4 is 0 Å². The lowest BCUT2D eigenvalue weighted by Gasteiger charge is -2.23. The van der Waals surface area contributed by atoms with Crippen LogP contribution in [-0.2, 0) is 14.3 Å². The molecule has 0 heterocycles. The van der Waals surface area contributed by atoms with Crippen LogP contribution in [0.25, 0.3) is 0 Å². The number of rotatable bonds is 5. The molecule has 0 spiro atoms. The first-order chi connectivity index (χ1) is 6.55. The largest absolute Gasteiger partial charge is 0.465 e. The maximum Gasteiger partial charge on any atom is 0.323 e. The summed E-state index contributed by atoms with van der Waals surface area (Å²) in [5.74, 6) is -0.790. The summed E-state index contributed by atoms with van der Waals surface area (Å²) in [6.07, 6.45) is 1.74. The number of ketones is 1. The summed E-state index contributed by atoms with van der Waals surface area (Å²) in [6, 6.07) is 0. The van der Waals surface area contributed by atoms with Crippen LogP contribution in [-0.4, -0.2) is 18.4 Å². The number of esters is 1. The molecule has 14 heavy (non-hydrogen) atoms. The Labute approximate surface area is 89.1 Å². The third-order valence-corrected chi connectivity index (χ3v) is 2.30. The van der Waals surface area contributed by atoms with Crippen LogP contribution in [0, 0.1) is 5.41 Å². The second-order valence-electron chi connectivity index (χ2n) is 2.89. The van der Waals surface area contributed by atoms with Crippen molar-refractivity contribution in [2.24, 2.45) is 5.41 Å². The highest BCUT2D eigenvalue weighted by molar-refractivity contribution is 6.26. The second-order valence-corrected chi connectivity index (χ2v) is 3.15. The van der Waals surface area contributed by atoms with E-state index in [9.17, 15) is 9.59 Å². The Balaban J connectivity index is 5.03. The molecule has 1 unspecified atom stereocenters. The molecule has 4 heteroatoms. The SMILES string of the molecule is CCOC(=O)C(C=CCl)(CC)C(C)=O. The smallest absolute Gasteiger partial charge is 0.323 e. The molecule has 0 fully saturated rings. The van der Waals surface area contributed by atoms with Crippen molar-refractivity contribution in [3.05, 3.63) is 11.6 Å². The molecule has 0 aromatic heterocycles. The Morgan fingerprint density at radius 2 is 2.00 bits per heavy atom. The van der Waals surface area contributed by atoms with E-state index in [1.165, 1.54) is 18.5 Å². The van der Waals surface area contributed by atoms with Crippen molar-refractivity contribution in [2.75, 3.05) is 6.61 Å². The zero-order chi connectivity index (χ0) is 11.2. The summed E-state index contributed by atoms with van der Waals surface area (Å²) >= 11 is 5.41. The monoisotopic (exact) mass is 218 g/mol. The fourth-order valence-electron chi connectivity index (χ4n) is 1.21. The lowest BCUT2D eigenvalue weighted by Crippen LogP contribution is -2.37. The van der Waals surface area contributed by atoms with E-state index in [1.54, 1.807) is 13.8 Å². The Hall–Kier alpha value is -0.830. The number of hydrogen-bond donors (Lipinski definition) is 0. The number of carbonyl (C=O) groups is 2. The van der Waals surface area contributed by atoms with Gasteiger partial charge in [0.1, 0.15) is 5.41 Å². The third kappa shape index (κ3) is 2.58. The van der Waals surface area contributed by atoms with Crippen molar-refractivity contribution in [1.29, 1.82) is 0 Å². The third-order valence-electron chi connectivity index (χ3n) is 2.17. The minimum Gasteiger partial charge on any atom is -0.465 e. The first-order valence-electron chi connectivity index (χ1n) is 4.51. The Bertz CT molecular complexity index is 248. The summed E-state index contributed by atoms with van der Waals surface area (Å²) in [7, 11) is 0. The van der Waals surface area contributed by atoms with Crippen LogP contribution in [0.2, 0.25) is 0 Å². The number of carbonyl (C=O) groups excluding carboxylic acids is 2. The van der Waals surface area contributed by atoms with Crippen molar-refractivity contribution in [3.63, 3.8) is 0 Å². The van der Waals surface area contributed by atoms with Crippen LogP contribution >= 0.6 is 11.6 Å². The molecule has 0 bridgehead atoms. The van der Waals surface area contributed by atoms with E-state index in [1.807, 2.05) is 0 Å². The fraction of sp³-hybridized carbons (Fsp3) is 0.600. The molecule has 0 saturated carbocycles. The molecule has 1 atom stereocenters. The van der Waals surface area contributed by atoms with Gasteiger partial charge in [0.2, 0.25) is 0 Å². The van der Waals surface area contributed by atoms with Gasteiger partial charge in [-0.2, -0.15) is 0 Å². The predicted molar refractivity (Wildman–Crippen MR) is 55.0 cm³/mol. The Morgan fingerprint density at radius 3 is 2.29 bits per heavy atom. The molecule has 0 rings (SSSR count). The molecule has 0 aliphatic rings. The van der Waals surface area contributed by atoms with Gasteiger partial charge in [-0.25, -0.2) is 0 Å². The van der Waals surface area contributed by atoms with E-state index in [0.29, 0.717) is 6.42 Å². The highest BCUT2D eigenvalue weighted by Gasteiger charge is 2.40. The van der Waals surface area contributed by atoms with Crippen molar-refractivity contribution in [2.45, 2.75) is 27.2 Å². The van der Waals surface area contributed by atoms with Gasteiger partial charge in [-0.3, -0.25) is 9.59 Å². The van der Waals surface area contributed by atoms with E-state index in [2.05, 4.69) is 0 Å². The van der Waals surface area contributed by atoms with Gasteiger partial charge >= 0.3 is 5.97 Å². The van der Waals surface area contributed by atoms with Gasteiger partial charge in [-0.15, -0.1) is 0 Å². The topological polar surface area (TPSA) is 43.4 Å². The van der Waals surface area contributed by atoms with Crippen LogP contribution in [0.15, 0.2) is 11.6 Å². The molecule has 0 N–H and O–H groups in total. The summed E-state index contributed by atoms with van der Waals surface area (Å²) in [5.41, 5.74) is -0.0282. The zero-order valence-electron chi connectivity index (χ0n) is 8.67. The molecule has 0 amide bonds. The number of halogens is 1. The van der Waals surface area contributed by atoms with Gasteiger partial charge in [0.15, 0.2) is 5.78 Å². The summed E-state index contributed by atoms with van der Waals surface area (Å²) in [5, 5.41) is 0. The molecular formula is C10H15ClO3. The fourth-order valence-corrected chi connectivity index (χ4v) is 1.42. The minimum absolute atomic E-state index is 0.254. The predicted octanol–water partition coefficient (Wildman–Crippen LogP) is 2.29. The van der Waals surface area contributed by atoms with Crippen LogP contribution in [0.1, 0.15) is 27.2 Å². The van der Waals surface area contributed by atoms with Crippen LogP contribution in [0.3, 0.4) is 0 Å². The first kappa shape index (κ1) is 13.2. The van der Waals surface area contributed by atoms with Crippen LogP contribution in [0.4, 0.5) is 0 Å². The summed E-state index contributed by atoms with van der Waals surface area (Å²) in [6.45, 7) is 5.05. The van der Waals surface area contributed by atoms with Gasteiger partial charge in [-0.1, -0.05) is 18.5 Å². The molecule has 0 aromatic carbocycles. The molecule has 0 saturated heterocycles. The number of hydrogen-bond acceptors (Lipinski definition) is 3. The maximum atomic E-state index is 11.6. The molecule has 3 nitrogen and oxygen atoms in total. The lowest BCUT2D eigenvalue weighted by atomic mass is 9.81. The average Bonchev–Trinajstić information content (AvgIpc) is 2.14. The first-order valence-corrected chi connectivity index (χ1v) is 4.95. The van der Waals surface area contributed by atoms with Gasteiger partial charge in [-0.05, 0) is 26.3 Å². The van der Waals surface area contributed by atoms with E-state index in [-0.39, 0.29) is 12.4 Å². The average molecular weight is 219 g/mol.